The van der Waals surface area contributed by atoms with Crippen molar-refractivity contribution in [3.63, 3.8) is 0 Å². The minimum atomic E-state index is -0.502. The van der Waals surface area contributed by atoms with Gasteiger partial charge in [-0.25, -0.2) is 4.39 Å². The molecule has 0 aliphatic heterocycles. The molecule has 0 aromatic heterocycles. The Kier molecular flexibility index (Phi) is 4.48. The van der Waals surface area contributed by atoms with Gasteiger partial charge in [0.15, 0.2) is 0 Å². The lowest BCUT2D eigenvalue weighted by molar-refractivity contribution is 0.622. The summed E-state index contributed by atoms with van der Waals surface area (Å²) in [7, 11) is 1.83. The molecule has 5 heteroatoms. The molecule has 0 spiro atoms. The standard InChI is InChI=1S/C16H17ClFN3/c1-10(11-6-3-4-7-12(11)17)21(2)14-9-5-8-13(18)15(14)16(19)20/h3-10H,1-2H3,(H3,19,20). The number of halogens is 2. The molecule has 1 unspecified atom stereocenters. The van der Waals surface area contributed by atoms with Gasteiger partial charge in [0.1, 0.15) is 11.7 Å². The van der Waals surface area contributed by atoms with E-state index < -0.39 is 5.82 Å². The monoisotopic (exact) mass is 305 g/mol. The smallest absolute Gasteiger partial charge is 0.136 e. The highest BCUT2D eigenvalue weighted by atomic mass is 35.5. The van der Waals surface area contributed by atoms with Crippen molar-refractivity contribution >= 4 is 23.1 Å². The minimum absolute atomic E-state index is 0.0846. The molecule has 3 nitrogen and oxygen atoms in total. The number of benzene rings is 2. The topological polar surface area (TPSA) is 53.1 Å². The van der Waals surface area contributed by atoms with Crippen LogP contribution in [0.4, 0.5) is 10.1 Å². The van der Waals surface area contributed by atoms with Gasteiger partial charge in [0.2, 0.25) is 0 Å². The third-order valence-corrected chi connectivity index (χ3v) is 3.92. The first kappa shape index (κ1) is 15.3. The van der Waals surface area contributed by atoms with Crippen molar-refractivity contribution in [3.05, 3.63) is 64.4 Å². The van der Waals surface area contributed by atoms with Crippen molar-refractivity contribution in [1.29, 1.82) is 5.41 Å². The zero-order chi connectivity index (χ0) is 15.6. The van der Waals surface area contributed by atoms with E-state index in [0.29, 0.717) is 10.7 Å². The van der Waals surface area contributed by atoms with Gasteiger partial charge >= 0.3 is 0 Å². The number of hydrogen-bond donors (Lipinski definition) is 2. The Hall–Kier alpha value is -2.07. The van der Waals surface area contributed by atoms with Crippen molar-refractivity contribution in [2.75, 3.05) is 11.9 Å². The van der Waals surface area contributed by atoms with Crippen LogP contribution in [0.5, 0.6) is 0 Å². The van der Waals surface area contributed by atoms with Gasteiger partial charge in [0.05, 0.1) is 17.3 Å². The van der Waals surface area contributed by atoms with Crippen LogP contribution in [0.15, 0.2) is 42.5 Å². The van der Waals surface area contributed by atoms with Gasteiger partial charge in [-0.05, 0) is 30.7 Å². The summed E-state index contributed by atoms with van der Waals surface area (Å²) in [5.74, 6) is -0.792. The van der Waals surface area contributed by atoms with E-state index >= 15 is 0 Å². The second-order valence-corrected chi connectivity index (χ2v) is 5.26. The van der Waals surface area contributed by atoms with Crippen LogP contribution in [-0.2, 0) is 0 Å². The third kappa shape index (κ3) is 3.00. The lowest BCUT2D eigenvalue weighted by Crippen LogP contribution is -2.26. The number of nitrogens with two attached hydrogens (primary N) is 1. The predicted octanol–water partition coefficient (Wildman–Crippen LogP) is 3.96. The van der Waals surface area contributed by atoms with Crippen molar-refractivity contribution in [2.24, 2.45) is 5.73 Å². The molecule has 0 aliphatic rings. The van der Waals surface area contributed by atoms with E-state index in [2.05, 4.69) is 0 Å². The van der Waals surface area contributed by atoms with Crippen LogP contribution in [0, 0.1) is 11.2 Å². The molecule has 0 bridgehead atoms. The van der Waals surface area contributed by atoms with Crippen LogP contribution in [0.2, 0.25) is 5.02 Å². The molecule has 0 heterocycles. The molecule has 1 atom stereocenters. The van der Waals surface area contributed by atoms with Gasteiger partial charge in [0, 0.05) is 12.1 Å². The third-order valence-electron chi connectivity index (χ3n) is 3.58. The summed E-state index contributed by atoms with van der Waals surface area (Å²) in [6.07, 6.45) is 0. The first-order chi connectivity index (χ1) is 9.93. The summed E-state index contributed by atoms with van der Waals surface area (Å²) < 4.78 is 13.9. The molecular weight excluding hydrogens is 289 g/mol. The molecule has 2 aromatic carbocycles. The highest BCUT2D eigenvalue weighted by Gasteiger charge is 2.20. The summed E-state index contributed by atoms with van der Waals surface area (Å²) in [6.45, 7) is 1.97. The van der Waals surface area contributed by atoms with Crippen LogP contribution in [-0.4, -0.2) is 12.9 Å². The Balaban J connectivity index is 2.46. The number of hydrogen-bond acceptors (Lipinski definition) is 2. The Labute approximate surface area is 128 Å². The first-order valence-corrected chi connectivity index (χ1v) is 6.91. The van der Waals surface area contributed by atoms with Gasteiger partial charge in [-0.2, -0.15) is 0 Å². The van der Waals surface area contributed by atoms with Crippen molar-refractivity contribution in [3.8, 4) is 0 Å². The molecule has 0 radical (unpaired) electrons. The fraction of sp³-hybridized carbons (Fsp3) is 0.188. The largest absolute Gasteiger partial charge is 0.384 e. The number of nitrogens with zero attached hydrogens (tertiary/aromatic N) is 1. The number of rotatable bonds is 4. The van der Waals surface area contributed by atoms with E-state index in [1.165, 1.54) is 6.07 Å². The van der Waals surface area contributed by atoms with E-state index in [1.807, 2.05) is 43.1 Å². The maximum Gasteiger partial charge on any atom is 0.136 e. The Morgan fingerprint density at radius 1 is 1.24 bits per heavy atom. The highest BCUT2D eigenvalue weighted by molar-refractivity contribution is 6.31. The van der Waals surface area contributed by atoms with E-state index in [9.17, 15) is 4.39 Å². The summed E-state index contributed by atoms with van der Waals surface area (Å²) >= 11 is 6.22. The maximum absolute atomic E-state index is 13.9. The van der Waals surface area contributed by atoms with Crippen LogP contribution >= 0.6 is 11.6 Å². The Morgan fingerprint density at radius 2 is 1.90 bits per heavy atom. The van der Waals surface area contributed by atoms with Gasteiger partial charge in [0.25, 0.3) is 0 Å². The zero-order valence-corrected chi connectivity index (χ0v) is 12.7. The molecule has 0 amide bonds. The molecule has 110 valence electrons. The van der Waals surface area contributed by atoms with Crippen LogP contribution < -0.4 is 10.6 Å². The molecule has 0 fully saturated rings. The lowest BCUT2D eigenvalue weighted by Gasteiger charge is -2.29. The van der Waals surface area contributed by atoms with Crippen LogP contribution in [0.3, 0.4) is 0 Å². The molecule has 0 saturated heterocycles. The fourth-order valence-electron chi connectivity index (χ4n) is 2.30. The summed E-state index contributed by atoms with van der Waals surface area (Å²) in [5.41, 5.74) is 7.12. The van der Waals surface area contributed by atoms with Crippen molar-refractivity contribution in [2.45, 2.75) is 13.0 Å². The van der Waals surface area contributed by atoms with E-state index in [0.717, 1.165) is 5.56 Å². The summed E-state index contributed by atoms with van der Waals surface area (Å²) in [6, 6.07) is 12.1. The van der Waals surface area contributed by atoms with Gasteiger partial charge in [-0.3, -0.25) is 5.41 Å². The van der Waals surface area contributed by atoms with Crippen molar-refractivity contribution < 1.29 is 4.39 Å². The number of nitrogens with one attached hydrogen (secondary N) is 1. The average molecular weight is 306 g/mol. The lowest BCUT2D eigenvalue weighted by atomic mass is 10.0. The predicted molar refractivity (Wildman–Crippen MR) is 85.7 cm³/mol. The molecule has 0 saturated carbocycles. The first-order valence-electron chi connectivity index (χ1n) is 6.53. The molecule has 21 heavy (non-hydrogen) atoms. The second-order valence-electron chi connectivity index (χ2n) is 4.86. The van der Waals surface area contributed by atoms with E-state index in [-0.39, 0.29) is 17.4 Å². The van der Waals surface area contributed by atoms with Crippen LogP contribution in [0.25, 0.3) is 0 Å². The average Bonchev–Trinajstić information content (AvgIpc) is 2.45. The maximum atomic E-state index is 13.9. The number of amidine groups is 1. The van der Waals surface area contributed by atoms with Crippen molar-refractivity contribution in [1.82, 2.24) is 0 Å². The molecular formula is C16H17ClFN3. The minimum Gasteiger partial charge on any atom is -0.384 e. The number of anilines is 1. The highest BCUT2D eigenvalue weighted by Crippen LogP contribution is 2.32. The van der Waals surface area contributed by atoms with Gasteiger partial charge in [-0.15, -0.1) is 0 Å². The van der Waals surface area contributed by atoms with E-state index in [4.69, 9.17) is 22.7 Å². The molecule has 2 aromatic rings. The van der Waals surface area contributed by atoms with E-state index in [1.54, 1.807) is 12.1 Å². The second kappa shape index (κ2) is 6.14. The zero-order valence-electron chi connectivity index (χ0n) is 11.9. The molecule has 3 N–H and O–H groups in total. The Bertz CT molecular complexity index is 672. The van der Waals surface area contributed by atoms with Gasteiger partial charge in [-0.1, -0.05) is 35.9 Å². The summed E-state index contributed by atoms with van der Waals surface area (Å²) in [5, 5.41) is 8.23. The molecule has 0 aliphatic carbocycles. The molecule has 2 rings (SSSR count). The van der Waals surface area contributed by atoms with Crippen LogP contribution in [0.1, 0.15) is 24.1 Å². The SMILES string of the molecule is CC(c1ccccc1Cl)N(C)c1cccc(F)c1C(=N)N. The van der Waals surface area contributed by atoms with Gasteiger partial charge < -0.3 is 10.6 Å². The quantitative estimate of drug-likeness (QED) is 0.663. The normalized spacial score (nSPS) is 12.0. The fourth-order valence-corrected chi connectivity index (χ4v) is 2.60. The number of nitrogen functional groups attached to an aromatic ring is 1. The summed E-state index contributed by atoms with van der Waals surface area (Å²) in [4.78, 5) is 1.86. The Morgan fingerprint density at radius 3 is 2.52 bits per heavy atom.